The zero-order chi connectivity index (χ0) is 15.9. The normalized spacial score (nSPS) is 12.4. The number of hydrogen-bond acceptors (Lipinski definition) is 3. The van der Waals surface area contributed by atoms with Gasteiger partial charge in [0.25, 0.3) is 0 Å². The number of nitrogens with one attached hydrogen (secondary N) is 2. The first-order chi connectivity index (χ1) is 9.76. The van der Waals surface area contributed by atoms with Crippen LogP contribution in [0.4, 0.5) is 18.9 Å². The average molecular weight is 324 g/mol. The summed E-state index contributed by atoms with van der Waals surface area (Å²) in [6.07, 6.45) is -4.74. The van der Waals surface area contributed by atoms with Crippen LogP contribution in [0.1, 0.15) is 26.2 Å². The number of sulfonamides is 1. The van der Waals surface area contributed by atoms with E-state index in [9.17, 15) is 21.6 Å². The van der Waals surface area contributed by atoms with E-state index >= 15 is 0 Å². The van der Waals surface area contributed by atoms with Crippen molar-refractivity contribution in [3.05, 3.63) is 24.3 Å². The molecule has 0 bridgehead atoms. The van der Waals surface area contributed by atoms with Crippen molar-refractivity contribution in [2.45, 2.75) is 37.3 Å². The summed E-state index contributed by atoms with van der Waals surface area (Å²) in [5.41, 5.74) is 0.447. The van der Waals surface area contributed by atoms with E-state index in [1.54, 1.807) is 18.2 Å². The molecule has 0 saturated heterocycles. The lowest BCUT2D eigenvalue weighted by atomic mass is 10.3. The second-order valence-electron chi connectivity index (χ2n) is 4.54. The van der Waals surface area contributed by atoms with E-state index in [0.29, 0.717) is 12.2 Å². The lowest BCUT2D eigenvalue weighted by Gasteiger charge is -2.13. The molecule has 0 atom stereocenters. The van der Waals surface area contributed by atoms with Crippen LogP contribution in [0.15, 0.2) is 29.2 Å². The second kappa shape index (κ2) is 7.65. The van der Waals surface area contributed by atoms with Crippen LogP contribution in [0.25, 0.3) is 0 Å². The Labute approximate surface area is 122 Å². The Morgan fingerprint density at radius 2 is 1.81 bits per heavy atom. The Bertz CT molecular complexity index is 545. The molecule has 1 aromatic carbocycles. The molecule has 0 radical (unpaired) electrons. The summed E-state index contributed by atoms with van der Waals surface area (Å²) < 4.78 is 62.5. The summed E-state index contributed by atoms with van der Waals surface area (Å²) in [7, 11) is -3.82. The number of rotatable bonds is 8. The largest absolute Gasteiger partial charge is 0.389 e. The van der Waals surface area contributed by atoms with Crippen molar-refractivity contribution >= 4 is 15.7 Å². The van der Waals surface area contributed by atoms with Gasteiger partial charge >= 0.3 is 6.18 Å². The minimum atomic E-state index is -4.27. The molecule has 120 valence electrons. The highest BCUT2D eigenvalue weighted by atomic mass is 32.2. The van der Waals surface area contributed by atoms with E-state index in [1.807, 2.05) is 6.92 Å². The third-order valence-electron chi connectivity index (χ3n) is 2.67. The van der Waals surface area contributed by atoms with Crippen molar-refractivity contribution in [3.8, 4) is 0 Å². The van der Waals surface area contributed by atoms with Gasteiger partial charge in [0.05, 0.1) is 5.69 Å². The van der Waals surface area contributed by atoms with Crippen LogP contribution >= 0.6 is 0 Å². The van der Waals surface area contributed by atoms with Crippen LogP contribution in [0.2, 0.25) is 0 Å². The average Bonchev–Trinajstić information content (AvgIpc) is 2.41. The molecule has 0 amide bonds. The first-order valence-corrected chi connectivity index (χ1v) is 8.14. The highest BCUT2D eigenvalue weighted by molar-refractivity contribution is 7.89. The molecule has 0 aliphatic heterocycles. The Morgan fingerprint density at radius 1 is 1.14 bits per heavy atom. The van der Waals surface area contributed by atoms with Crippen molar-refractivity contribution in [3.63, 3.8) is 0 Å². The zero-order valence-corrected chi connectivity index (χ0v) is 12.5. The maximum atomic E-state index is 12.1. The fourth-order valence-electron chi connectivity index (χ4n) is 1.68. The first-order valence-electron chi connectivity index (χ1n) is 6.65. The van der Waals surface area contributed by atoms with Crippen molar-refractivity contribution in [2.24, 2.45) is 0 Å². The lowest BCUT2D eigenvalue weighted by molar-refractivity contribution is -0.135. The fourth-order valence-corrected chi connectivity index (χ4v) is 2.94. The molecule has 1 aromatic rings. The van der Waals surface area contributed by atoms with Gasteiger partial charge in [-0.05, 0) is 25.0 Å². The summed E-state index contributed by atoms with van der Waals surface area (Å²) >= 11 is 0. The number of hydrogen-bond donors (Lipinski definition) is 2. The van der Waals surface area contributed by atoms with Crippen LogP contribution < -0.4 is 10.0 Å². The van der Waals surface area contributed by atoms with Gasteiger partial charge in [-0.25, -0.2) is 13.1 Å². The number of anilines is 1. The monoisotopic (exact) mass is 324 g/mol. The third kappa shape index (κ3) is 6.34. The van der Waals surface area contributed by atoms with Crippen molar-refractivity contribution in [1.82, 2.24) is 4.72 Å². The standard InChI is InChI=1S/C13H19F3N2O2S/c1-2-9-17-11-6-3-4-7-12(11)21(19,20)18-10-5-8-13(14,15)16/h3-4,6-7,17-18H,2,5,8-10H2,1H3. The molecule has 0 fully saturated rings. The molecule has 21 heavy (non-hydrogen) atoms. The zero-order valence-electron chi connectivity index (χ0n) is 11.7. The predicted octanol–water partition coefficient (Wildman–Crippen LogP) is 3.13. The van der Waals surface area contributed by atoms with E-state index in [-0.39, 0.29) is 17.9 Å². The van der Waals surface area contributed by atoms with Crippen LogP contribution in [-0.2, 0) is 10.0 Å². The van der Waals surface area contributed by atoms with E-state index < -0.39 is 22.6 Å². The van der Waals surface area contributed by atoms with Gasteiger partial charge in [0.15, 0.2) is 0 Å². The Hall–Kier alpha value is -1.28. The smallest absolute Gasteiger partial charge is 0.384 e. The van der Waals surface area contributed by atoms with Crippen molar-refractivity contribution in [1.29, 1.82) is 0 Å². The summed E-state index contributed by atoms with van der Waals surface area (Å²) in [4.78, 5) is 0.0467. The van der Waals surface area contributed by atoms with Crippen molar-refractivity contribution in [2.75, 3.05) is 18.4 Å². The molecule has 2 N–H and O–H groups in total. The molecule has 0 saturated carbocycles. The summed E-state index contributed by atoms with van der Waals surface area (Å²) in [5, 5.41) is 2.98. The maximum Gasteiger partial charge on any atom is 0.389 e. The van der Waals surface area contributed by atoms with Crippen LogP contribution in [0.5, 0.6) is 0 Å². The van der Waals surface area contributed by atoms with Crippen LogP contribution in [0, 0.1) is 0 Å². The van der Waals surface area contributed by atoms with Gasteiger partial charge in [-0.2, -0.15) is 13.2 Å². The highest BCUT2D eigenvalue weighted by Gasteiger charge is 2.26. The highest BCUT2D eigenvalue weighted by Crippen LogP contribution is 2.22. The Morgan fingerprint density at radius 3 is 2.43 bits per heavy atom. The third-order valence-corrected chi connectivity index (χ3v) is 4.19. The maximum absolute atomic E-state index is 12.1. The number of para-hydroxylation sites is 1. The van der Waals surface area contributed by atoms with Crippen molar-refractivity contribution < 1.29 is 21.6 Å². The van der Waals surface area contributed by atoms with Gasteiger partial charge in [-0.3, -0.25) is 0 Å². The lowest BCUT2D eigenvalue weighted by Crippen LogP contribution is -2.26. The van der Waals surface area contributed by atoms with E-state index in [4.69, 9.17) is 0 Å². The predicted molar refractivity (Wildman–Crippen MR) is 75.7 cm³/mol. The van der Waals surface area contributed by atoms with Gasteiger partial charge < -0.3 is 5.32 Å². The topological polar surface area (TPSA) is 58.2 Å². The SMILES string of the molecule is CCCNc1ccccc1S(=O)(=O)NCCCC(F)(F)F. The summed E-state index contributed by atoms with van der Waals surface area (Å²) in [6.45, 7) is 2.31. The van der Waals surface area contributed by atoms with E-state index in [2.05, 4.69) is 10.0 Å². The van der Waals surface area contributed by atoms with Gasteiger partial charge in [-0.15, -0.1) is 0 Å². The molecule has 0 spiro atoms. The summed E-state index contributed by atoms with van der Waals surface area (Å²) in [6, 6.07) is 6.31. The van der Waals surface area contributed by atoms with Crippen LogP contribution in [-0.4, -0.2) is 27.7 Å². The fraction of sp³-hybridized carbons (Fsp3) is 0.538. The molecule has 0 aromatic heterocycles. The van der Waals surface area contributed by atoms with Gasteiger partial charge in [-0.1, -0.05) is 19.1 Å². The second-order valence-corrected chi connectivity index (χ2v) is 6.27. The van der Waals surface area contributed by atoms with E-state index in [0.717, 1.165) is 6.42 Å². The molecule has 0 heterocycles. The first kappa shape index (κ1) is 17.8. The minimum Gasteiger partial charge on any atom is -0.384 e. The Kier molecular flexibility index (Phi) is 6.47. The Balaban J connectivity index is 2.70. The van der Waals surface area contributed by atoms with Gasteiger partial charge in [0, 0.05) is 19.5 Å². The molecule has 0 unspecified atom stereocenters. The molecule has 8 heteroatoms. The van der Waals surface area contributed by atoms with Crippen LogP contribution in [0.3, 0.4) is 0 Å². The molecule has 4 nitrogen and oxygen atoms in total. The number of halogens is 3. The minimum absolute atomic E-state index is 0.0467. The summed E-state index contributed by atoms with van der Waals surface area (Å²) in [5.74, 6) is 0. The molecular formula is C13H19F3N2O2S. The van der Waals surface area contributed by atoms with Gasteiger partial charge in [0.2, 0.25) is 10.0 Å². The number of benzene rings is 1. The van der Waals surface area contributed by atoms with E-state index in [1.165, 1.54) is 6.07 Å². The molecule has 1 rings (SSSR count). The quantitative estimate of drug-likeness (QED) is 0.722. The molecule has 0 aliphatic rings. The number of alkyl halides is 3. The molecular weight excluding hydrogens is 305 g/mol. The van der Waals surface area contributed by atoms with Gasteiger partial charge in [0.1, 0.15) is 4.90 Å². The molecule has 0 aliphatic carbocycles.